The van der Waals surface area contributed by atoms with Gasteiger partial charge in [0.25, 0.3) is 0 Å². The lowest BCUT2D eigenvalue weighted by Gasteiger charge is -2.37. The number of hydrogen-bond donors (Lipinski definition) is 0. The van der Waals surface area contributed by atoms with E-state index in [2.05, 4.69) is 13.8 Å². The van der Waals surface area contributed by atoms with Gasteiger partial charge in [0.1, 0.15) is 12.2 Å². The minimum Gasteiger partial charge on any atom is -0.448 e. The molecule has 1 heterocycles. The summed E-state index contributed by atoms with van der Waals surface area (Å²) < 4.78 is 10.7. The van der Waals surface area contributed by atoms with Crippen LogP contribution in [0, 0.1) is 11.8 Å². The lowest BCUT2D eigenvalue weighted by molar-refractivity contribution is -0.00766. The molecule has 1 saturated carbocycles. The molecule has 2 unspecified atom stereocenters. The summed E-state index contributed by atoms with van der Waals surface area (Å²) >= 11 is 0. The molecule has 0 N–H and O–H groups in total. The SMILES string of the molecule is CC1CC(C)CC2(C1)CN(C(=O)OCCN(C)C)C(=O)O2. The van der Waals surface area contributed by atoms with Crippen molar-refractivity contribution in [3.05, 3.63) is 0 Å². The van der Waals surface area contributed by atoms with Crippen molar-refractivity contribution >= 4 is 12.2 Å². The Morgan fingerprint density at radius 1 is 1.38 bits per heavy atom. The molecule has 2 rings (SSSR count). The smallest absolute Gasteiger partial charge is 0.420 e. The van der Waals surface area contributed by atoms with Gasteiger partial charge in [-0.25, -0.2) is 14.5 Å². The summed E-state index contributed by atoms with van der Waals surface area (Å²) in [5.41, 5.74) is -0.505. The zero-order chi connectivity index (χ0) is 15.6. The molecule has 120 valence electrons. The standard InChI is InChI=1S/C15H26N2O4/c1-11-7-12(2)9-15(8-11)10-17(14(19)21-15)13(18)20-6-5-16(3)4/h11-12H,5-10H2,1-4H3. The largest absolute Gasteiger partial charge is 0.448 e. The van der Waals surface area contributed by atoms with Gasteiger partial charge in [-0.15, -0.1) is 0 Å². The quantitative estimate of drug-likeness (QED) is 0.800. The van der Waals surface area contributed by atoms with Gasteiger partial charge in [-0.1, -0.05) is 13.8 Å². The van der Waals surface area contributed by atoms with Gasteiger partial charge in [-0.3, -0.25) is 0 Å². The number of hydrogen-bond acceptors (Lipinski definition) is 5. The Hall–Kier alpha value is -1.30. The molecule has 2 amide bonds. The predicted molar refractivity (Wildman–Crippen MR) is 78.0 cm³/mol. The summed E-state index contributed by atoms with van der Waals surface area (Å²) in [7, 11) is 3.80. The Labute approximate surface area is 126 Å². The van der Waals surface area contributed by atoms with E-state index in [-0.39, 0.29) is 6.61 Å². The Morgan fingerprint density at radius 3 is 2.57 bits per heavy atom. The summed E-state index contributed by atoms with van der Waals surface area (Å²) in [6, 6.07) is 0. The summed E-state index contributed by atoms with van der Waals surface area (Å²) in [6.45, 7) is 5.57. The Kier molecular flexibility index (Phi) is 4.76. The van der Waals surface area contributed by atoms with Crippen LogP contribution in [0.25, 0.3) is 0 Å². The van der Waals surface area contributed by atoms with Crippen molar-refractivity contribution in [2.45, 2.75) is 38.7 Å². The maximum atomic E-state index is 12.0. The minimum atomic E-state index is -0.593. The van der Waals surface area contributed by atoms with Gasteiger partial charge in [0.2, 0.25) is 0 Å². The molecule has 2 fully saturated rings. The summed E-state index contributed by atoms with van der Waals surface area (Å²) in [4.78, 5) is 27.0. The van der Waals surface area contributed by atoms with Crippen LogP contribution in [0.2, 0.25) is 0 Å². The third kappa shape index (κ3) is 3.87. The highest BCUT2D eigenvalue weighted by molar-refractivity contribution is 5.89. The first-order valence-corrected chi connectivity index (χ1v) is 7.63. The van der Waals surface area contributed by atoms with E-state index >= 15 is 0 Å². The molecule has 0 radical (unpaired) electrons. The fraction of sp³-hybridized carbons (Fsp3) is 0.867. The Morgan fingerprint density at radius 2 is 2.00 bits per heavy atom. The van der Waals surface area contributed by atoms with E-state index in [0.29, 0.717) is 24.9 Å². The Bertz CT molecular complexity index is 400. The van der Waals surface area contributed by atoms with Crippen LogP contribution < -0.4 is 0 Å². The van der Waals surface area contributed by atoms with Gasteiger partial charge in [-0.05, 0) is 45.2 Å². The second-order valence-electron chi connectivity index (χ2n) is 6.91. The molecule has 6 heteroatoms. The van der Waals surface area contributed by atoms with Gasteiger partial charge < -0.3 is 14.4 Å². The van der Waals surface area contributed by atoms with E-state index in [1.54, 1.807) is 0 Å². The van der Waals surface area contributed by atoms with Crippen LogP contribution in [-0.2, 0) is 9.47 Å². The van der Waals surface area contributed by atoms with Crippen LogP contribution in [0.5, 0.6) is 0 Å². The second-order valence-corrected chi connectivity index (χ2v) is 6.91. The van der Waals surface area contributed by atoms with E-state index in [0.717, 1.165) is 24.2 Å². The first kappa shape index (κ1) is 16.1. The van der Waals surface area contributed by atoms with Gasteiger partial charge in [0, 0.05) is 6.54 Å². The molecule has 0 aromatic heterocycles. The van der Waals surface area contributed by atoms with Crippen molar-refractivity contribution in [3.63, 3.8) is 0 Å². The molecule has 1 spiro atoms. The van der Waals surface area contributed by atoms with E-state index in [9.17, 15) is 9.59 Å². The fourth-order valence-electron chi connectivity index (χ4n) is 3.58. The number of nitrogens with zero attached hydrogens (tertiary/aromatic N) is 2. The predicted octanol–water partition coefficient (Wildman–Crippen LogP) is 2.33. The van der Waals surface area contributed by atoms with Crippen LogP contribution >= 0.6 is 0 Å². The first-order valence-electron chi connectivity index (χ1n) is 7.63. The maximum absolute atomic E-state index is 12.0. The average molecular weight is 298 g/mol. The molecule has 1 aliphatic heterocycles. The molecule has 1 saturated heterocycles. The molecule has 2 atom stereocenters. The van der Waals surface area contributed by atoms with Crippen molar-refractivity contribution in [2.75, 3.05) is 33.8 Å². The molecule has 0 bridgehead atoms. The van der Waals surface area contributed by atoms with Gasteiger partial charge in [0.15, 0.2) is 0 Å². The molecule has 0 aromatic rings. The first-order chi connectivity index (χ1) is 9.81. The van der Waals surface area contributed by atoms with E-state index in [1.807, 2.05) is 19.0 Å². The van der Waals surface area contributed by atoms with Crippen LogP contribution in [-0.4, -0.2) is 61.4 Å². The van der Waals surface area contributed by atoms with Crippen molar-refractivity contribution in [3.8, 4) is 0 Å². The van der Waals surface area contributed by atoms with E-state index < -0.39 is 17.8 Å². The monoisotopic (exact) mass is 298 g/mol. The molecule has 6 nitrogen and oxygen atoms in total. The summed E-state index contributed by atoms with van der Waals surface area (Å²) in [5, 5.41) is 0. The van der Waals surface area contributed by atoms with Gasteiger partial charge in [-0.2, -0.15) is 0 Å². The molecule has 2 aliphatic rings. The van der Waals surface area contributed by atoms with Gasteiger partial charge in [0.05, 0.1) is 6.54 Å². The van der Waals surface area contributed by atoms with Crippen molar-refractivity contribution in [1.82, 2.24) is 9.80 Å². The normalized spacial score (nSPS) is 32.6. The number of amides is 2. The van der Waals surface area contributed by atoms with Crippen molar-refractivity contribution in [1.29, 1.82) is 0 Å². The van der Waals surface area contributed by atoms with E-state index in [4.69, 9.17) is 9.47 Å². The lowest BCUT2D eigenvalue weighted by atomic mass is 9.74. The molecular formula is C15H26N2O4. The molecular weight excluding hydrogens is 272 g/mol. The molecule has 0 aromatic carbocycles. The highest BCUT2D eigenvalue weighted by atomic mass is 16.6. The zero-order valence-corrected chi connectivity index (χ0v) is 13.4. The highest BCUT2D eigenvalue weighted by Gasteiger charge is 2.51. The third-order valence-electron chi connectivity index (χ3n) is 4.20. The molecule has 21 heavy (non-hydrogen) atoms. The number of likely N-dealkylation sites (N-methyl/N-ethyl adjacent to an activating group) is 1. The third-order valence-corrected chi connectivity index (χ3v) is 4.20. The maximum Gasteiger partial charge on any atom is 0.420 e. The highest BCUT2D eigenvalue weighted by Crippen LogP contribution is 2.42. The number of carbonyl (C=O) groups excluding carboxylic acids is 2. The minimum absolute atomic E-state index is 0.273. The number of ether oxygens (including phenoxy) is 2. The van der Waals surface area contributed by atoms with Crippen molar-refractivity contribution < 1.29 is 19.1 Å². The zero-order valence-electron chi connectivity index (χ0n) is 13.4. The fourth-order valence-corrected chi connectivity index (χ4v) is 3.58. The number of rotatable bonds is 3. The average Bonchev–Trinajstić information content (AvgIpc) is 2.63. The number of carbonyl (C=O) groups is 2. The van der Waals surface area contributed by atoms with Gasteiger partial charge >= 0.3 is 12.2 Å². The van der Waals surface area contributed by atoms with Crippen LogP contribution in [0.3, 0.4) is 0 Å². The summed E-state index contributed by atoms with van der Waals surface area (Å²) in [6.07, 6.45) is 1.64. The summed E-state index contributed by atoms with van der Waals surface area (Å²) in [5.74, 6) is 1.01. The van der Waals surface area contributed by atoms with Crippen LogP contribution in [0.15, 0.2) is 0 Å². The van der Waals surface area contributed by atoms with Crippen molar-refractivity contribution in [2.24, 2.45) is 11.8 Å². The van der Waals surface area contributed by atoms with Crippen LogP contribution in [0.4, 0.5) is 9.59 Å². The van der Waals surface area contributed by atoms with E-state index in [1.165, 1.54) is 0 Å². The van der Waals surface area contributed by atoms with Crippen LogP contribution in [0.1, 0.15) is 33.1 Å². The molecule has 1 aliphatic carbocycles. The number of imide groups is 1. The topological polar surface area (TPSA) is 59.1 Å². The lowest BCUT2D eigenvalue weighted by Crippen LogP contribution is -2.43. The Balaban J connectivity index is 1.94. The second kappa shape index (κ2) is 6.22.